The maximum atomic E-state index is 13.9. The summed E-state index contributed by atoms with van der Waals surface area (Å²) in [6, 6.07) is 19.1. The van der Waals surface area contributed by atoms with Gasteiger partial charge in [0.2, 0.25) is 0 Å². The summed E-state index contributed by atoms with van der Waals surface area (Å²) in [6.07, 6.45) is 0.0941. The first-order valence-corrected chi connectivity index (χ1v) is 10.2. The molecule has 3 aromatic rings. The molecule has 2 N–H and O–H groups in total. The minimum absolute atomic E-state index is 0.104. The third-order valence-corrected chi connectivity index (χ3v) is 5.34. The number of hydrogen-bond acceptors (Lipinski definition) is 4. The highest BCUT2D eigenvalue weighted by Gasteiger charge is 2.28. The molecule has 0 fully saturated rings. The maximum absolute atomic E-state index is 13.9. The van der Waals surface area contributed by atoms with E-state index in [0.717, 1.165) is 11.3 Å². The number of rotatable bonds is 5. The van der Waals surface area contributed by atoms with Gasteiger partial charge in [0.25, 0.3) is 0 Å². The van der Waals surface area contributed by atoms with Crippen molar-refractivity contribution >= 4 is 17.3 Å². The van der Waals surface area contributed by atoms with Crippen molar-refractivity contribution in [3.63, 3.8) is 0 Å². The number of ether oxygens (including phenoxy) is 1. The average Bonchev–Trinajstić information content (AvgIpc) is 2.75. The Bertz CT molecular complexity index is 1070. The zero-order chi connectivity index (χ0) is 21.1. The first-order chi connectivity index (χ1) is 14.5. The van der Waals surface area contributed by atoms with Gasteiger partial charge in [-0.3, -0.25) is 10.3 Å². The molecule has 0 saturated heterocycles. The van der Waals surface area contributed by atoms with E-state index in [-0.39, 0.29) is 17.6 Å². The number of nitrogens with zero attached hydrogens (tertiary/aromatic N) is 1. The largest absolute Gasteiger partial charge is 0.504 e. The molecule has 2 atom stereocenters. The van der Waals surface area contributed by atoms with E-state index in [1.807, 2.05) is 49.4 Å². The fourth-order valence-corrected chi connectivity index (χ4v) is 3.79. The van der Waals surface area contributed by atoms with E-state index in [1.54, 1.807) is 12.1 Å². The molecule has 0 unspecified atom stereocenters. The lowest BCUT2D eigenvalue weighted by molar-refractivity contribution is 0.313. The normalized spacial score (nSPS) is 18.7. The van der Waals surface area contributed by atoms with Crippen LogP contribution >= 0.6 is 11.6 Å². The molecule has 6 heteroatoms. The highest BCUT2D eigenvalue weighted by molar-refractivity contribution is 6.30. The second-order valence-electron chi connectivity index (χ2n) is 7.09. The van der Waals surface area contributed by atoms with Gasteiger partial charge >= 0.3 is 0 Å². The van der Waals surface area contributed by atoms with E-state index in [9.17, 15) is 9.50 Å². The SMILES string of the molecule is CCOc1cccc([C@@H]2CC(c3ccc(Cl)cc3)=N[C@@H](c3cccc(F)c3)N2)c1O. The lowest BCUT2D eigenvalue weighted by atomic mass is 9.93. The van der Waals surface area contributed by atoms with Crippen LogP contribution in [0.3, 0.4) is 0 Å². The molecule has 154 valence electrons. The van der Waals surface area contributed by atoms with Crippen LogP contribution in [0, 0.1) is 5.82 Å². The summed E-state index contributed by atoms with van der Waals surface area (Å²) in [6.45, 7) is 2.33. The van der Waals surface area contributed by atoms with Crippen molar-refractivity contribution < 1.29 is 14.2 Å². The summed E-state index contributed by atoms with van der Waals surface area (Å²) >= 11 is 6.04. The van der Waals surface area contributed by atoms with Gasteiger partial charge in [-0.1, -0.05) is 48.0 Å². The van der Waals surface area contributed by atoms with Crippen molar-refractivity contribution in [1.82, 2.24) is 5.32 Å². The highest BCUT2D eigenvalue weighted by Crippen LogP contribution is 2.39. The standard InChI is InChI=1S/C24H22ClFN2O2/c1-2-30-22-8-4-7-19(23(22)29)21-14-20(15-9-11-17(25)12-10-15)27-24(28-21)16-5-3-6-18(26)13-16/h3-13,21,24,28-29H,2,14H2,1H3/t21-,24+/m0/s1. The fraction of sp³-hybridized carbons (Fsp3) is 0.208. The van der Waals surface area contributed by atoms with Crippen LogP contribution in [0.25, 0.3) is 0 Å². The van der Waals surface area contributed by atoms with Crippen LogP contribution < -0.4 is 10.1 Å². The number of para-hydroxylation sites is 1. The van der Waals surface area contributed by atoms with Crippen molar-refractivity contribution in [3.05, 3.63) is 94.3 Å². The number of aliphatic imine (C=N–C) groups is 1. The van der Waals surface area contributed by atoms with Gasteiger partial charge in [-0.25, -0.2) is 4.39 Å². The third kappa shape index (κ3) is 4.32. The van der Waals surface area contributed by atoms with Gasteiger partial charge in [0.15, 0.2) is 11.5 Å². The van der Waals surface area contributed by atoms with Crippen molar-refractivity contribution in [1.29, 1.82) is 0 Å². The lowest BCUT2D eigenvalue weighted by Gasteiger charge is -2.31. The van der Waals surface area contributed by atoms with E-state index < -0.39 is 6.17 Å². The summed E-state index contributed by atoms with van der Waals surface area (Å²) in [4.78, 5) is 4.84. The van der Waals surface area contributed by atoms with E-state index in [4.69, 9.17) is 21.3 Å². The van der Waals surface area contributed by atoms with Crippen molar-refractivity contribution in [3.8, 4) is 11.5 Å². The molecule has 4 rings (SSSR count). The topological polar surface area (TPSA) is 53.8 Å². The Hall–Kier alpha value is -2.89. The number of nitrogens with one attached hydrogen (secondary N) is 1. The zero-order valence-electron chi connectivity index (χ0n) is 16.5. The van der Waals surface area contributed by atoms with Gasteiger partial charge < -0.3 is 9.84 Å². The second-order valence-corrected chi connectivity index (χ2v) is 7.53. The molecule has 0 aromatic heterocycles. The molecular formula is C24H22ClFN2O2. The smallest absolute Gasteiger partial charge is 0.162 e. The van der Waals surface area contributed by atoms with Crippen molar-refractivity contribution in [2.75, 3.05) is 6.61 Å². The summed E-state index contributed by atoms with van der Waals surface area (Å²) in [5.74, 6) is 0.225. The Balaban J connectivity index is 1.75. The molecule has 0 bridgehead atoms. The Kier molecular flexibility index (Phi) is 6.02. The summed E-state index contributed by atoms with van der Waals surface area (Å²) < 4.78 is 19.4. The van der Waals surface area contributed by atoms with Gasteiger partial charge in [0, 0.05) is 28.8 Å². The van der Waals surface area contributed by atoms with Gasteiger partial charge in [-0.2, -0.15) is 0 Å². The van der Waals surface area contributed by atoms with E-state index >= 15 is 0 Å². The molecule has 0 saturated carbocycles. The van der Waals surface area contributed by atoms with Gasteiger partial charge in [-0.05, 0) is 48.4 Å². The van der Waals surface area contributed by atoms with E-state index in [1.165, 1.54) is 12.1 Å². The fourth-order valence-electron chi connectivity index (χ4n) is 3.66. The zero-order valence-corrected chi connectivity index (χ0v) is 17.2. The molecule has 0 amide bonds. The van der Waals surface area contributed by atoms with Crippen LogP contribution in [0.4, 0.5) is 4.39 Å². The number of hydrogen-bond donors (Lipinski definition) is 2. The molecule has 0 radical (unpaired) electrons. The minimum atomic E-state index is -0.458. The van der Waals surface area contributed by atoms with Crippen LogP contribution in [0.5, 0.6) is 11.5 Å². The minimum Gasteiger partial charge on any atom is -0.504 e. The van der Waals surface area contributed by atoms with E-state index in [0.29, 0.717) is 34.9 Å². The third-order valence-electron chi connectivity index (χ3n) is 5.09. The number of phenols is 1. The summed E-state index contributed by atoms with van der Waals surface area (Å²) in [7, 11) is 0. The molecule has 4 nitrogen and oxygen atoms in total. The number of benzene rings is 3. The molecule has 1 aliphatic rings. The predicted octanol–water partition coefficient (Wildman–Crippen LogP) is 5.81. The van der Waals surface area contributed by atoms with Crippen LogP contribution in [-0.2, 0) is 0 Å². The Morgan fingerprint density at radius 2 is 1.90 bits per heavy atom. The van der Waals surface area contributed by atoms with Gasteiger partial charge in [0.05, 0.1) is 6.61 Å². The van der Waals surface area contributed by atoms with Crippen LogP contribution in [0.2, 0.25) is 5.02 Å². The van der Waals surface area contributed by atoms with Gasteiger partial charge in [0.1, 0.15) is 12.0 Å². The predicted molar refractivity (Wildman–Crippen MR) is 117 cm³/mol. The first kappa shape index (κ1) is 20.4. The highest BCUT2D eigenvalue weighted by atomic mass is 35.5. The monoisotopic (exact) mass is 424 g/mol. The Morgan fingerprint density at radius 3 is 2.63 bits per heavy atom. The van der Waals surface area contributed by atoms with Crippen LogP contribution in [-0.4, -0.2) is 17.4 Å². The maximum Gasteiger partial charge on any atom is 0.162 e. The molecule has 1 heterocycles. The summed E-state index contributed by atoms with van der Waals surface area (Å²) in [5, 5.41) is 14.9. The average molecular weight is 425 g/mol. The van der Waals surface area contributed by atoms with Gasteiger partial charge in [-0.15, -0.1) is 0 Å². The molecular weight excluding hydrogens is 403 g/mol. The molecule has 3 aromatic carbocycles. The Labute approximate surface area is 180 Å². The number of aromatic hydroxyl groups is 1. The van der Waals surface area contributed by atoms with Crippen LogP contribution in [0.15, 0.2) is 71.7 Å². The molecule has 30 heavy (non-hydrogen) atoms. The number of phenolic OH excluding ortho intramolecular Hbond substituents is 1. The molecule has 0 aliphatic carbocycles. The lowest BCUT2D eigenvalue weighted by Crippen LogP contribution is -2.33. The first-order valence-electron chi connectivity index (χ1n) is 9.84. The molecule has 1 aliphatic heterocycles. The molecule has 0 spiro atoms. The number of halogens is 2. The van der Waals surface area contributed by atoms with Crippen LogP contribution in [0.1, 0.15) is 42.2 Å². The van der Waals surface area contributed by atoms with Crippen molar-refractivity contribution in [2.45, 2.75) is 25.6 Å². The Morgan fingerprint density at radius 1 is 1.13 bits per heavy atom. The van der Waals surface area contributed by atoms with Crippen molar-refractivity contribution in [2.24, 2.45) is 4.99 Å². The van der Waals surface area contributed by atoms with E-state index in [2.05, 4.69) is 5.32 Å². The second kappa shape index (κ2) is 8.86. The summed E-state index contributed by atoms with van der Waals surface area (Å²) in [5.41, 5.74) is 3.22. The quantitative estimate of drug-likeness (QED) is 0.543.